The Hall–Kier alpha value is -2.26. The van der Waals surface area contributed by atoms with Gasteiger partial charge >= 0.3 is 17.9 Å². The van der Waals surface area contributed by atoms with Crippen LogP contribution in [0.3, 0.4) is 0 Å². The molecule has 0 bridgehead atoms. The van der Waals surface area contributed by atoms with Crippen molar-refractivity contribution in [2.24, 2.45) is 0 Å². The normalized spacial score (nSPS) is 10.9. The number of rotatable bonds is 29. The van der Waals surface area contributed by atoms with Crippen molar-refractivity contribution in [3.8, 4) is 34.4 Å². The predicted octanol–water partition coefficient (Wildman–Crippen LogP) is 14.2. The van der Waals surface area contributed by atoms with Crippen LogP contribution in [-0.4, -0.2) is 57.4 Å². The minimum absolute atomic E-state index is 0.293. The Labute approximate surface area is 350 Å². The Kier molecular flexibility index (Phi) is 41.0. The summed E-state index contributed by atoms with van der Waals surface area (Å²) in [6.07, 6.45) is 31.5. The van der Waals surface area contributed by atoms with Crippen LogP contribution in [0.25, 0.3) is 0 Å². The molecular weight excluding hydrogens is 745 g/mol. The molecule has 0 unspecified atom stereocenters. The molecule has 9 heteroatoms. The van der Waals surface area contributed by atoms with Gasteiger partial charge in [-0.15, -0.1) is 34.4 Å². The third kappa shape index (κ3) is 66.5. The molecule has 0 fully saturated rings. The lowest BCUT2D eigenvalue weighted by atomic mass is 10.0. The molecule has 0 aromatic heterocycles. The van der Waals surface area contributed by atoms with E-state index >= 15 is 0 Å². The largest absolute Gasteiger partial charge is 0.481 e. The molecule has 0 amide bonds. The van der Waals surface area contributed by atoms with Crippen molar-refractivity contribution in [2.45, 2.75) is 245 Å². The summed E-state index contributed by atoms with van der Waals surface area (Å²) in [4.78, 5) is 30.9. The SMILES string of the molecule is C[Si](C)(C)C#CCCCCCC(=O)O.C[Si](C)(C)C#CCCCCCCCCCC(=O)O.C[Si](C)(C)C#CCCCCCCCCCCCCCCCC(=O)O. The van der Waals surface area contributed by atoms with Crippen LogP contribution in [0.2, 0.25) is 58.9 Å². The van der Waals surface area contributed by atoms with Crippen molar-refractivity contribution >= 4 is 42.1 Å². The Bertz CT molecular complexity index is 1160. The van der Waals surface area contributed by atoms with Crippen LogP contribution in [0.15, 0.2) is 0 Å². The van der Waals surface area contributed by atoms with Gasteiger partial charge in [-0.3, -0.25) is 14.4 Å². The fraction of sp³-hybridized carbons (Fsp3) is 0.809. The topological polar surface area (TPSA) is 112 Å². The van der Waals surface area contributed by atoms with Gasteiger partial charge in [0.25, 0.3) is 0 Å². The number of hydrogen-bond donors (Lipinski definition) is 3. The second kappa shape index (κ2) is 39.6. The first kappa shape index (κ1) is 58.1. The quantitative estimate of drug-likeness (QED) is 0.0393. The summed E-state index contributed by atoms with van der Waals surface area (Å²) in [6.45, 7) is 20.4. The number of unbranched alkanes of at least 4 members (excludes halogenated alkanes) is 23. The summed E-state index contributed by atoms with van der Waals surface area (Å²) in [6, 6.07) is 0. The second-order valence-electron chi connectivity index (χ2n) is 18.5. The van der Waals surface area contributed by atoms with E-state index in [2.05, 4.69) is 93.3 Å². The third-order valence-corrected chi connectivity index (χ3v) is 11.2. The van der Waals surface area contributed by atoms with E-state index in [4.69, 9.17) is 15.3 Å². The highest BCUT2D eigenvalue weighted by atomic mass is 28.3. The smallest absolute Gasteiger partial charge is 0.303 e. The molecule has 0 spiro atoms. The Morgan fingerprint density at radius 2 is 0.464 bits per heavy atom. The van der Waals surface area contributed by atoms with Gasteiger partial charge in [0, 0.05) is 38.5 Å². The maximum absolute atomic E-state index is 10.4. The molecule has 0 radical (unpaired) electrons. The predicted molar refractivity (Wildman–Crippen MR) is 250 cm³/mol. The Morgan fingerprint density at radius 1 is 0.304 bits per heavy atom. The molecule has 0 rings (SSSR count). The minimum Gasteiger partial charge on any atom is -0.481 e. The molecule has 324 valence electrons. The van der Waals surface area contributed by atoms with Crippen LogP contribution >= 0.6 is 0 Å². The van der Waals surface area contributed by atoms with Crippen molar-refractivity contribution in [1.29, 1.82) is 0 Å². The zero-order valence-corrected chi connectivity index (χ0v) is 41.1. The highest BCUT2D eigenvalue weighted by molar-refractivity contribution is 6.84. The number of carboxylic acid groups (broad SMARTS) is 3. The molecule has 56 heavy (non-hydrogen) atoms. The molecule has 0 aliphatic heterocycles. The van der Waals surface area contributed by atoms with Gasteiger partial charge in [0.1, 0.15) is 24.2 Å². The number of carboxylic acids is 3. The molecule has 0 aliphatic rings. The fourth-order valence-electron chi connectivity index (χ4n) is 5.46. The standard InChI is InChI=1S/C21H40O2Si.C15H28O2Si.C11H20O2Si/c1-24(2,3)20-18-16-14-12-10-8-6-4-5-7-9-11-13-15-17-19-21(22)23;1-18(2,3)14-12-10-8-6-4-5-7-9-11-13-15(16)17;1-14(2,3)10-8-6-4-5-7-9-11(12)13/h4-17,19H2,1-3H3,(H,22,23);4-11,13H2,1-3H3,(H,16,17);4-7,9H2,1-3H3,(H,12,13). The summed E-state index contributed by atoms with van der Waals surface area (Å²) < 4.78 is 0. The first-order chi connectivity index (χ1) is 26.2. The molecule has 0 atom stereocenters. The zero-order valence-electron chi connectivity index (χ0n) is 38.1. The lowest BCUT2D eigenvalue weighted by Gasteiger charge is -2.04. The Balaban J connectivity index is -0.000000782. The molecular formula is C47H88O6Si3. The van der Waals surface area contributed by atoms with Gasteiger partial charge in [0.05, 0.1) is 0 Å². The lowest BCUT2D eigenvalue weighted by molar-refractivity contribution is -0.138. The second-order valence-corrected chi connectivity index (χ2v) is 32.7. The fourth-order valence-corrected chi connectivity index (χ4v) is 7.42. The molecule has 0 saturated heterocycles. The van der Waals surface area contributed by atoms with Gasteiger partial charge in [0.2, 0.25) is 0 Å². The molecule has 0 saturated carbocycles. The zero-order chi connectivity index (χ0) is 43.0. The molecule has 0 heterocycles. The third-order valence-electron chi connectivity index (χ3n) is 8.47. The highest BCUT2D eigenvalue weighted by Gasteiger charge is 2.08. The van der Waals surface area contributed by atoms with E-state index in [0.717, 1.165) is 64.2 Å². The van der Waals surface area contributed by atoms with Crippen LogP contribution in [0.5, 0.6) is 0 Å². The first-order valence-corrected chi connectivity index (χ1v) is 32.9. The maximum atomic E-state index is 10.4. The molecule has 3 N–H and O–H groups in total. The monoisotopic (exact) mass is 833 g/mol. The van der Waals surface area contributed by atoms with Gasteiger partial charge in [-0.1, -0.05) is 168 Å². The Morgan fingerprint density at radius 3 is 0.643 bits per heavy atom. The van der Waals surface area contributed by atoms with Crippen molar-refractivity contribution < 1.29 is 29.7 Å². The van der Waals surface area contributed by atoms with Crippen molar-refractivity contribution in [3.05, 3.63) is 0 Å². The lowest BCUT2D eigenvalue weighted by Crippen LogP contribution is -2.16. The van der Waals surface area contributed by atoms with E-state index < -0.39 is 42.1 Å². The number of carbonyl (C=O) groups is 3. The van der Waals surface area contributed by atoms with Gasteiger partial charge in [-0.25, -0.2) is 0 Å². The van der Waals surface area contributed by atoms with Crippen LogP contribution < -0.4 is 0 Å². The van der Waals surface area contributed by atoms with E-state index in [-0.39, 0.29) is 0 Å². The van der Waals surface area contributed by atoms with Gasteiger partial charge < -0.3 is 15.3 Å². The van der Waals surface area contributed by atoms with E-state index in [0.29, 0.717) is 19.3 Å². The van der Waals surface area contributed by atoms with Gasteiger partial charge in [-0.2, -0.15) is 0 Å². The number of hydrogen-bond acceptors (Lipinski definition) is 3. The molecule has 0 aromatic rings. The molecule has 0 aliphatic carbocycles. The minimum atomic E-state index is -1.20. The van der Waals surface area contributed by atoms with E-state index in [1.165, 1.54) is 103 Å². The van der Waals surface area contributed by atoms with Gasteiger partial charge in [-0.05, 0) is 38.5 Å². The maximum Gasteiger partial charge on any atom is 0.303 e. The molecule has 0 aromatic carbocycles. The van der Waals surface area contributed by atoms with Crippen molar-refractivity contribution in [2.75, 3.05) is 0 Å². The average Bonchev–Trinajstić information content (AvgIpc) is 3.07. The van der Waals surface area contributed by atoms with Crippen LogP contribution in [0, 0.1) is 34.4 Å². The number of aliphatic carboxylic acids is 3. The molecule has 6 nitrogen and oxygen atoms in total. The average molecular weight is 833 g/mol. The summed E-state index contributed by atoms with van der Waals surface area (Å²) in [5.74, 6) is 7.81. The van der Waals surface area contributed by atoms with Crippen LogP contribution in [0.4, 0.5) is 0 Å². The van der Waals surface area contributed by atoms with Crippen molar-refractivity contribution in [1.82, 2.24) is 0 Å². The van der Waals surface area contributed by atoms with Crippen molar-refractivity contribution in [3.63, 3.8) is 0 Å². The van der Waals surface area contributed by atoms with E-state index in [9.17, 15) is 14.4 Å². The summed E-state index contributed by atoms with van der Waals surface area (Å²) in [7, 11) is -3.52. The summed E-state index contributed by atoms with van der Waals surface area (Å²) >= 11 is 0. The van der Waals surface area contributed by atoms with Crippen LogP contribution in [0.1, 0.15) is 186 Å². The summed E-state index contributed by atoms with van der Waals surface area (Å²) in [5, 5.41) is 25.4. The van der Waals surface area contributed by atoms with Crippen LogP contribution in [-0.2, 0) is 14.4 Å². The van der Waals surface area contributed by atoms with E-state index in [1.807, 2.05) is 0 Å². The van der Waals surface area contributed by atoms with Gasteiger partial charge in [0.15, 0.2) is 0 Å². The first-order valence-electron chi connectivity index (χ1n) is 22.4. The summed E-state index contributed by atoms with van der Waals surface area (Å²) in [5.41, 5.74) is 10.1. The van der Waals surface area contributed by atoms with E-state index in [1.54, 1.807) is 0 Å². The highest BCUT2D eigenvalue weighted by Crippen LogP contribution is 2.14.